The van der Waals surface area contributed by atoms with Gasteiger partial charge in [0.25, 0.3) is 11.8 Å². The number of piperazine rings is 1. The fraction of sp³-hybridized carbons (Fsp3) is 0.444. The third kappa shape index (κ3) is 2.05. The third-order valence-corrected chi connectivity index (χ3v) is 5.81. The van der Waals surface area contributed by atoms with Gasteiger partial charge in [0.05, 0.1) is 16.8 Å². The molecule has 1 aromatic rings. The first kappa shape index (κ1) is 15.5. The molecule has 4 aliphatic heterocycles. The first-order valence-corrected chi connectivity index (χ1v) is 8.89. The molecule has 3 saturated heterocycles. The van der Waals surface area contributed by atoms with Crippen molar-refractivity contribution in [3.8, 4) is 0 Å². The van der Waals surface area contributed by atoms with Gasteiger partial charge in [0.2, 0.25) is 11.8 Å². The highest BCUT2D eigenvalue weighted by molar-refractivity contribution is 6.25. The Morgan fingerprint density at radius 3 is 2.62 bits per heavy atom. The van der Waals surface area contributed by atoms with Crippen LogP contribution in [-0.2, 0) is 9.59 Å². The molecule has 8 nitrogen and oxygen atoms in total. The average Bonchev–Trinajstić information content (AvgIpc) is 3.31. The quantitative estimate of drug-likeness (QED) is 0.704. The Balaban J connectivity index is 1.52. The molecule has 0 saturated carbocycles. The molecule has 5 rings (SSSR count). The summed E-state index contributed by atoms with van der Waals surface area (Å²) in [6.07, 6.45) is 1.32. The van der Waals surface area contributed by atoms with Crippen LogP contribution in [0, 0.1) is 0 Å². The molecule has 0 radical (unpaired) electrons. The van der Waals surface area contributed by atoms with Crippen LogP contribution >= 0.6 is 0 Å². The molecule has 26 heavy (non-hydrogen) atoms. The lowest BCUT2D eigenvalue weighted by atomic mass is 10.0. The Hall–Kier alpha value is -2.74. The van der Waals surface area contributed by atoms with Crippen LogP contribution in [-0.4, -0.2) is 59.7 Å². The second-order valence-electron chi connectivity index (χ2n) is 7.29. The van der Waals surface area contributed by atoms with Gasteiger partial charge in [0.15, 0.2) is 0 Å². The minimum atomic E-state index is -0.926. The summed E-state index contributed by atoms with van der Waals surface area (Å²) < 4.78 is 0. The molecule has 2 N–H and O–H groups in total. The molecular formula is C18H18N4O4. The molecule has 0 spiro atoms. The van der Waals surface area contributed by atoms with Crippen LogP contribution in [0.2, 0.25) is 0 Å². The molecule has 4 aliphatic rings. The van der Waals surface area contributed by atoms with Gasteiger partial charge in [-0.2, -0.15) is 0 Å². The fourth-order valence-corrected chi connectivity index (χ4v) is 4.59. The van der Waals surface area contributed by atoms with Crippen LogP contribution in [0.4, 0.5) is 5.69 Å². The number of imide groups is 2. The van der Waals surface area contributed by atoms with Gasteiger partial charge in [-0.3, -0.25) is 29.4 Å². The Morgan fingerprint density at radius 1 is 1.08 bits per heavy atom. The number of rotatable bonds is 2. The fourth-order valence-electron chi connectivity index (χ4n) is 4.59. The molecule has 4 amide bonds. The number of anilines is 1. The molecule has 2 bridgehead atoms. The largest absolute Gasteiger partial charge is 0.365 e. The summed E-state index contributed by atoms with van der Waals surface area (Å²) >= 11 is 0. The van der Waals surface area contributed by atoms with Crippen LogP contribution in [0.1, 0.15) is 40.0 Å². The lowest BCUT2D eigenvalue weighted by molar-refractivity contribution is -0.136. The van der Waals surface area contributed by atoms with E-state index in [-0.39, 0.29) is 18.7 Å². The zero-order valence-corrected chi connectivity index (χ0v) is 14.0. The van der Waals surface area contributed by atoms with E-state index in [9.17, 15) is 19.2 Å². The van der Waals surface area contributed by atoms with Gasteiger partial charge in [-0.1, -0.05) is 6.07 Å². The predicted octanol–water partition coefficient (Wildman–Crippen LogP) is -0.362. The van der Waals surface area contributed by atoms with Crippen molar-refractivity contribution in [1.29, 1.82) is 0 Å². The molecule has 134 valence electrons. The SMILES string of the molecule is O=C1CCC(N2C(=O)c3cccc(N4C[C@@H]5C[C@H]4CN5)c3C2=O)C(=O)N1. The van der Waals surface area contributed by atoms with Crippen molar-refractivity contribution in [1.82, 2.24) is 15.5 Å². The molecular weight excluding hydrogens is 336 g/mol. The first-order chi connectivity index (χ1) is 12.5. The summed E-state index contributed by atoms with van der Waals surface area (Å²) in [5, 5.41) is 5.65. The summed E-state index contributed by atoms with van der Waals surface area (Å²) in [5.41, 5.74) is 1.49. The number of benzene rings is 1. The number of hydrogen-bond donors (Lipinski definition) is 2. The summed E-state index contributed by atoms with van der Waals surface area (Å²) in [6, 6.07) is 5.10. The maximum atomic E-state index is 13.1. The summed E-state index contributed by atoms with van der Waals surface area (Å²) in [6.45, 7) is 1.67. The summed E-state index contributed by atoms with van der Waals surface area (Å²) in [4.78, 5) is 52.8. The molecule has 1 unspecified atom stereocenters. The minimum absolute atomic E-state index is 0.123. The second kappa shape index (κ2) is 5.38. The lowest BCUT2D eigenvalue weighted by Gasteiger charge is -2.31. The van der Waals surface area contributed by atoms with E-state index >= 15 is 0 Å². The highest BCUT2D eigenvalue weighted by Gasteiger charge is 2.47. The smallest absolute Gasteiger partial charge is 0.264 e. The van der Waals surface area contributed by atoms with Gasteiger partial charge >= 0.3 is 0 Å². The van der Waals surface area contributed by atoms with E-state index in [0.29, 0.717) is 23.2 Å². The molecule has 1 aromatic carbocycles. The van der Waals surface area contributed by atoms with Crippen LogP contribution in [0.5, 0.6) is 0 Å². The maximum Gasteiger partial charge on any atom is 0.264 e. The van der Waals surface area contributed by atoms with Crippen molar-refractivity contribution >= 4 is 29.3 Å². The monoisotopic (exact) mass is 354 g/mol. The van der Waals surface area contributed by atoms with Crippen molar-refractivity contribution in [2.75, 3.05) is 18.0 Å². The van der Waals surface area contributed by atoms with E-state index in [1.54, 1.807) is 12.1 Å². The average molecular weight is 354 g/mol. The minimum Gasteiger partial charge on any atom is -0.365 e. The van der Waals surface area contributed by atoms with Gasteiger partial charge < -0.3 is 10.2 Å². The van der Waals surface area contributed by atoms with Crippen LogP contribution in [0.3, 0.4) is 0 Å². The topological polar surface area (TPSA) is 98.8 Å². The third-order valence-electron chi connectivity index (χ3n) is 5.81. The highest BCUT2D eigenvalue weighted by Crippen LogP contribution is 2.38. The number of fused-ring (bicyclic) bond motifs is 3. The Morgan fingerprint density at radius 2 is 1.92 bits per heavy atom. The van der Waals surface area contributed by atoms with Crippen molar-refractivity contribution in [2.45, 2.75) is 37.4 Å². The number of piperidine rings is 1. The number of nitrogens with one attached hydrogen (secondary N) is 2. The Bertz CT molecular complexity index is 867. The zero-order valence-electron chi connectivity index (χ0n) is 14.0. The van der Waals surface area contributed by atoms with Crippen LogP contribution in [0.25, 0.3) is 0 Å². The van der Waals surface area contributed by atoms with E-state index in [4.69, 9.17) is 0 Å². The molecule has 0 aromatic heterocycles. The molecule has 4 heterocycles. The number of carbonyl (C=O) groups excluding carboxylic acids is 4. The molecule has 3 atom stereocenters. The standard InChI is InChI=1S/C18H18N4O4/c23-14-5-4-13(16(24)20-14)22-17(25)11-2-1-3-12(15(11)18(22)26)21-8-9-6-10(21)7-19-9/h1-3,9-10,13,19H,4-8H2,(H,20,23,24)/t9-,10-,13?/m0/s1. The normalized spacial score (nSPS) is 30.2. The van der Waals surface area contributed by atoms with E-state index in [0.717, 1.165) is 30.1 Å². The Labute approximate surface area is 149 Å². The van der Waals surface area contributed by atoms with E-state index in [2.05, 4.69) is 15.5 Å². The number of amides is 4. The summed E-state index contributed by atoms with van der Waals surface area (Å²) in [7, 11) is 0. The Kier molecular flexibility index (Phi) is 3.21. The van der Waals surface area contributed by atoms with Gasteiger partial charge in [-0.05, 0) is 25.0 Å². The molecule has 3 fully saturated rings. The number of nitrogens with zero attached hydrogens (tertiary/aromatic N) is 2. The highest BCUT2D eigenvalue weighted by atomic mass is 16.2. The van der Waals surface area contributed by atoms with Gasteiger partial charge in [-0.25, -0.2) is 0 Å². The number of hydrogen-bond acceptors (Lipinski definition) is 6. The van der Waals surface area contributed by atoms with E-state index in [1.165, 1.54) is 0 Å². The zero-order chi connectivity index (χ0) is 18.0. The first-order valence-electron chi connectivity index (χ1n) is 8.89. The number of carbonyl (C=O) groups is 4. The summed E-state index contributed by atoms with van der Waals surface area (Å²) in [5.74, 6) is -1.85. The lowest BCUT2D eigenvalue weighted by Crippen LogP contribution is -2.54. The van der Waals surface area contributed by atoms with Gasteiger partial charge in [0, 0.05) is 31.6 Å². The van der Waals surface area contributed by atoms with E-state index < -0.39 is 23.8 Å². The van der Waals surface area contributed by atoms with Crippen LogP contribution < -0.4 is 15.5 Å². The van der Waals surface area contributed by atoms with Crippen molar-refractivity contribution in [3.05, 3.63) is 29.3 Å². The van der Waals surface area contributed by atoms with Gasteiger partial charge in [-0.15, -0.1) is 0 Å². The van der Waals surface area contributed by atoms with Crippen molar-refractivity contribution in [3.63, 3.8) is 0 Å². The maximum absolute atomic E-state index is 13.1. The van der Waals surface area contributed by atoms with Crippen molar-refractivity contribution < 1.29 is 19.2 Å². The van der Waals surface area contributed by atoms with Crippen molar-refractivity contribution in [2.24, 2.45) is 0 Å². The van der Waals surface area contributed by atoms with Gasteiger partial charge in [0.1, 0.15) is 6.04 Å². The molecule has 0 aliphatic carbocycles. The van der Waals surface area contributed by atoms with E-state index in [1.807, 2.05) is 6.07 Å². The van der Waals surface area contributed by atoms with Crippen LogP contribution in [0.15, 0.2) is 18.2 Å². The predicted molar refractivity (Wildman–Crippen MR) is 90.7 cm³/mol. The second-order valence-corrected chi connectivity index (χ2v) is 7.29. The molecule has 8 heteroatoms.